The molecule has 144 valence electrons. The average molecular weight is 371 g/mol. The Hall–Kier alpha value is -2.67. The first-order valence-electron chi connectivity index (χ1n) is 9.01. The number of nitrogens with zero attached hydrogens (tertiary/aromatic N) is 3. The fraction of sp³-hybridized carbons (Fsp3) is 0.450. The van der Waals surface area contributed by atoms with E-state index >= 15 is 0 Å². The molecule has 0 spiro atoms. The molecule has 1 saturated heterocycles. The summed E-state index contributed by atoms with van der Waals surface area (Å²) >= 11 is 0. The third-order valence-electron chi connectivity index (χ3n) is 4.96. The molecule has 27 heavy (non-hydrogen) atoms. The first-order chi connectivity index (χ1) is 13.0. The van der Waals surface area contributed by atoms with E-state index in [0.717, 1.165) is 24.1 Å². The van der Waals surface area contributed by atoms with Crippen molar-refractivity contribution in [1.29, 1.82) is 0 Å². The van der Waals surface area contributed by atoms with Crippen LogP contribution < -0.4 is 9.47 Å². The molecular weight excluding hydrogens is 346 g/mol. The molecule has 0 bridgehead atoms. The Bertz CT molecular complexity index is 795. The summed E-state index contributed by atoms with van der Waals surface area (Å²) in [7, 11) is 3.13. The number of aryl methyl sites for hydroxylation is 1. The average Bonchev–Trinajstić information content (AvgIpc) is 2.72. The molecule has 0 unspecified atom stereocenters. The first kappa shape index (κ1) is 19.1. The highest BCUT2D eigenvalue weighted by Crippen LogP contribution is 2.30. The van der Waals surface area contributed by atoms with E-state index in [1.165, 1.54) is 0 Å². The third kappa shape index (κ3) is 4.19. The molecule has 2 aromatic rings. The first-order valence-corrected chi connectivity index (χ1v) is 9.01. The monoisotopic (exact) mass is 371 g/mol. The summed E-state index contributed by atoms with van der Waals surface area (Å²) in [6, 6.07) is 5.21. The van der Waals surface area contributed by atoms with Gasteiger partial charge in [-0.3, -0.25) is 4.79 Å². The summed E-state index contributed by atoms with van der Waals surface area (Å²) in [5, 5.41) is 9.56. The van der Waals surface area contributed by atoms with Crippen molar-refractivity contribution in [2.24, 2.45) is 0 Å². The standard InChI is InChI=1S/C20H25N3O4/c1-13-21-11-16(12-24)19(22-13)14-4-6-23(7-5-14)20(25)15-8-17(26-2)10-18(9-15)27-3/h8-11,14,24H,4-7,12H2,1-3H3. The maximum Gasteiger partial charge on any atom is 0.254 e. The molecule has 0 saturated carbocycles. The Morgan fingerprint density at radius 3 is 2.37 bits per heavy atom. The Balaban J connectivity index is 1.72. The summed E-state index contributed by atoms with van der Waals surface area (Å²) < 4.78 is 10.5. The largest absolute Gasteiger partial charge is 0.497 e. The van der Waals surface area contributed by atoms with Crippen molar-refractivity contribution in [2.75, 3.05) is 27.3 Å². The van der Waals surface area contributed by atoms with Crippen LogP contribution in [0.2, 0.25) is 0 Å². The van der Waals surface area contributed by atoms with Crippen LogP contribution in [0.5, 0.6) is 11.5 Å². The lowest BCUT2D eigenvalue weighted by Crippen LogP contribution is -2.38. The van der Waals surface area contributed by atoms with Crippen molar-refractivity contribution in [3.05, 3.63) is 47.0 Å². The van der Waals surface area contributed by atoms with Gasteiger partial charge in [-0.1, -0.05) is 0 Å². The molecule has 1 aliphatic rings. The van der Waals surface area contributed by atoms with E-state index in [4.69, 9.17) is 9.47 Å². The van der Waals surface area contributed by atoms with Gasteiger partial charge in [0.1, 0.15) is 17.3 Å². The molecule has 1 fully saturated rings. The molecule has 3 rings (SSSR count). The number of aliphatic hydroxyl groups excluding tert-OH is 1. The van der Waals surface area contributed by atoms with Crippen LogP contribution in [0, 0.1) is 6.92 Å². The zero-order valence-corrected chi connectivity index (χ0v) is 15.9. The summed E-state index contributed by atoms with van der Waals surface area (Å²) in [4.78, 5) is 23.4. The molecule has 1 N–H and O–H groups in total. The van der Waals surface area contributed by atoms with Crippen molar-refractivity contribution in [3.8, 4) is 11.5 Å². The molecule has 7 nitrogen and oxygen atoms in total. The van der Waals surface area contributed by atoms with Crippen LogP contribution in [-0.4, -0.2) is 53.2 Å². The Labute approximate surface area is 159 Å². The van der Waals surface area contributed by atoms with E-state index in [9.17, 15) is 9.90 Å². The molecule has 0 radical (unpaired) electrons. The van der Waals surface area contributed by atoms with E-state index in [1.54, 1.807) is 38.6 Å². The van der Waals surface area contributed by atoms with E-state index in [1.807, 2.05) is 11.8 Å². The molecule has 0 aliphatic carbocycles. The molecule has 1 aliphatic heterocycles. The zero-order chi connectivity index (χ0) is 19.4. The fourth-order valence-corrected chi connectivity index (χ4v) is 3.46. The minimum atomic E-state index is -0.0711. The number of likely N-dealkylation sites (tertiary alicyclic amines) is 1. The SMILES string of the molecule is COc1cc(OC)cc(C(=O)N2CCC(c3nc(C)ncc3CO)CC2)c1. The lowest BCUT2D eigenvalue weighted by atomic mass is 9.90. The van der Waals surface area contributed by atoms with Gasteiger partial charge in [-0.2, -0.15) is 0 Å². The number of carbonyl (C=O) groups is 1. The highest BCUT2D eigenvalue weighted by atomic mass is 16.5. The number of methoxy groups -OCH3 is 2. The number of rotatable bonds is 5. The normalized spacial score (nSPS) is 14.9. The van der Waals surface area contributed by atoms with Crippen molar-refractivity contribution < 1.29 is 19.4 Å². The molecule has 1 aromatic heterocycles. The lowest BCUT2D eigenvalue weighted by Gasteiger charge is -2.32. The quantitative estimate of drug-likeness (QED) is 0.868. The summed E-state index contributed by atoms with van der Waals surface area (Å²) in [6.45, 7) is 3.05. The maximum atomic E-state index is 12.9. The number of amides is 1. The van der Waals surface area contributed by atoms with Crippen LogP contribution in [0.25, 0.3) is 0 Å². The van der Waals surface area contributed by atoms with Gasteiger partial charge in [-0.05, 0) is 31.9 Å². The second kappa shape index (κ2) is 8.35. The van der Waals surface area contributed by atoms with Gasteiger partial charge in [0.15, 0.2) is 0 Å². The van der Waals surface area contributed by atoms with Crippen LogP contribution in [0.4, 0.5) is 0 Å². The van der Waals surface area contributed by atoms with Crippen molar-refractivity contribution >= 4 is 5.91 Å². The van der Waals surface area contributed by atoms with E-state index in [0.29, 0.717) is 36.0 Å². The van der Waals surface area contributed by atoms with Crippen LogP contribution in [-0.2, 0) is 6.61 Å². The highest BCUT2D eigenvalue weighted by Gasteiger charge is 2.27. The maximum absolute atomic E-state index is 12.9. The minimum Gasteiger partial charge on any atom is -0.497 e. The van der Waals surface area contributed by atoms with Crippen LogP contribution in [0.3, 0.4) is 0 Å². The molecule has 1 amide bonds. The lowest BCUT2D eigenvalue weighted by molar-refractivity contribution is 0.0710. The van der Waals surface area contributed by atoms with Crippen LogP contribution >= 0.6 is 0 Å². The van der Waals surface area contributed by atoms with Gasteiger partial charge in [-0.15, -0.1) is 0 Å². The Kier molecular flexibility index (Phi) is 5.91. The van der Waals surface area contributed by atoms with Crippen molar-refractivity contribution in [1.82, 2.24) is 14.9 Å². The Morgan fingerprint density at radius 2 is 1.81 bits per heavy atom. The highest BCUT2D eigenvalue weighted by molar-refractivity contribution is 5.95. The molecule has 1 aromatic carbocycles. The molecule has 0 atom stereocenters. The van der Waals surface area contributed by atoms with E-state index in [-0.39, 0.29) is 18.4 Å². The van der Waals surface area contributed by atoms with Gasteiger partial charge in [0.05, 0.1) is 26.5 Å². The number of ether oxygens (including phenoxy) is 2. The van der Waals surface area contributed by atoms with E-state index in [2.05, 4.69) is 9.97 Å². The fourth-order valence-electron chi connectivity index (χ4n) is 3.46. The number of piperidine rings is 1. The minimum absolute atomic E-state index is 0.0353. The Morgan fingerprint density at radius 1 is 1.19 bits per heavy atom. The molecule has 7 heteroatoms. The predicted octanol–water partition coefficient (Wildman–Crippen LogP) is 2.31. The van der Waals surface area contributed by atoms with Gasteiger partial charge in [0.25, 0.3) is 5.91 Å². The number of hydrogen-bond donors (Lipinski definition) is 1. The van der Waals surface area contributed by atoms with Crippen LogP contribution in [0.15, 0.2) is 24.4 Å². The molecule has 2 heterocycles. The third-order valence-corrected chi connectivity index (χ3v) is 4.96. The van der Waals surface area contributed by atoms with Crippen molar-refractivity contribution in [3.63, 3.8) is 0 Å². The van der Waals surface area contributed by atoms with Crippen LogP contribution in [0.1, 0.15) is 46.2 Å². The number of hydrogen-bond acceptors (Lipinski definition) is 6. The number of aliphatic hydroxyl groups is 1. The van der Waals surface area contributed by atoms with Gasteiger partial charge >= 0.3 is 0 Å². The summed E-state index contributed by atoms with van der Waals surface area (Å²) in [6.07, 6.45) is 3.30. The number of aromatic nitrogens is 2. The predicted molar refractivity (Wildman–Crippen MR) is 100 cm³/mol. The number of carbonyl (C=O) groups excluding carboxylic acids is 1. The number of benzene rings is 1. The van der Waals surface area contributed by atoms with Gasteiger partial charge in [0, 0.05) is 42.4 Å². The van der Waals surface area contributed by atoms with E-state index < -0.39 is 0 Å². The van der Waals surface area contributed by atoms with Gasteiger partial charge in [0.2, 0.25) is 0 Å². The van der Waals surface area contributed by atoms with Gasteiger partial charge < -0.3 is 19.5 Å². The summed E-state index contributed by atoms with van der Waals surface area (Å²) in [5.74, 6) is 2.07. The van der Waals surface area contributed by atoms with Crippen molar-refractivity contribution in [2.45, 2.75) is 32.3 Å². The second-order valence-corrected chi connectivity index (χ2v) is 6.65. The second-order valence-electron chi connectivity index (χ2n) is 6.65. The smallest absolute Gasteiger partial charge is 0.254 e. The van der Waals surface area contributed by atoms with Gasteiger partial charge in [-0.25, -0.2) is 9.97 Å². The zero-order valence-electron chi connectivity index (χ0n) is 15.9. The summed E-state index contributed by atoms with van der Waals surface area (Å²) in [5.41, 5.74) is 2.22. The molecular formula is C20H25N3O4. The topological polar surface area (TPSA) is 84.8 Å².